The first-order valence-electron chi connectivity index (χ1n) is 8.59. The first kappa shape index (κ1) is 17.0. The van der Waals surface area contributed by atoms with Crippen LogP contribution in [0.15, 0.2) is 63.0 Å². The minimum atomic E-state index is -0.558. The van der Waals surface area contributed by atoms with Gasteiger partial charge in [0.1, 0.15) is 11.6 Å². The van der Waals surface area contributed by atoms with Crippen molar-refractivity contribution >= 4 is 11.2 Å². The van der Waals surface area contributed by atoms with Crippen LogP contribution < -0.4 is 11.2 Å². The molecule has 4 rings (SSSR count). The van der Waals surface area contributed by atoms with E-state index in [9.17, 15) is 14.0 Å². The van der Waals surface area contributed by atoms with Crippen LogP contribution in [0.25, 0.3) is 16.9 Å². The fraction of sp³-hybridized carbons (Fsp3) is 0.211. The number of aromatic nitrogens is 4. The summed E-state index contributed by atoms with van der Waals surface area (Å²) >= 11 is 0. The largest absolute Gasteiger partial charge is 0.467 e. The highest BCUT2D eigenvalue weighted by Gasteiger charge is 2.19. The number of hydrogen-bond acceptors (Lipinski definition) is 4. The van der Waals surface area contributed by atoms with Gasteiger partial charge in [0.2, 0.25) is 0 Å². The fourth-order valence-corrected chi connectivity index (χ4v) is 3.11. The summed E-state index contributed by atoms with van der Waals surface area (Å²) in [6.07, 6.45) is 3.84. The van der Waals surface area contributed by atoms with Crippen LogP contribution in [0.2, 0.25) is 0 Å². The van der Waals surface area contributed by atoms with Gasteiger partial charge in [-0.05, 0) is 42.8 Å². The Hall–Kier alpha value is -3.42. The number of halogens is 1. The number of furan rings is 1. The molecule has 0 saturated heterocycles. The quantitative estimate of drug-likeness (QED) is 0.543. The maximum atomic E-state index is 13.3. The van der Waals surface area contributed by atoms with Gasteiger partial charge in [0.05, 0.1) is 24.8 Å². The van der Waals surface area contributed by atoms with Crippen molar-refractivity contribution in [2.24, 2.45) is 0 Å². The van der Waals surface area contributed by atoms with E-state index in [0.29, 0.717) is 23.5 Å². The Kier molecular flexibility index (Phi) is 4.23. The molecule has 3 aromatic heterocycles. The zero-order chi connectivity index (χ0) is 19.0. The van der Waals surface area contributed by atoms with Crippen molar-refractivity contribution < 1.29 is 8.81 Å². The maximum Gasteiger partial charge on any atom is 0.337 e. The molecule has 0 aliphatic carbocycles. The summed E-state index contributed by atoms with van der Waals surface area (Å²) in [6, 6.07) is 8.88. The summed E-state index contributed by atoms with van der Waals surface area (Å²) in [5.41, 5.74) is 0.0161. The monoisotopic (exact) mass is 368 g/mol. The lowest BCUT2D eigenvalue weighted by atomic mass is 10.3. The lowest BCUT2D eigenvalue weighted by molar-refractivity contribution is 0.482. The molecule has 0 atom stereocenters. The normalized spacial score (nSPS) is 11.3. The Labute approximate surface area is 152 Å². The molecule has 0 unspecified atom stereocenters. The Morgan fingerprint density at radius 3 is 2.59 bits per heavy atom. The van der Waals surface area contributed by atoms with E-state index in [1.54, 1.807) is 23.0 Å². The third-order valence-electron chi connectivity index (χ3n) is 4.34. The molecule has 138 valence electrons. The molecule has 0 radical (unpaired) electrons. The van der Waals surface area contributed by atoms with Crippen LogP contribution in [0.4, 0.5) is 4.39 Å². The smallest absolute Gasteiger partial charge is 0.337 e. The summed E-state index contributed by atoms with van der Waals surface area (Å²) in [4.78, 5) is 30.5. The second-order valence-electron chi connectivity index (χ2n) is 6.18. The van der Waals surface area contributed by atoms with Crippen LogP contribution in [0, 0.1) is 5.82 Å². The molecule has 0 amide bonds. The minimum Gasteiger partial charge on any atom is -0.467 e. The third-order valence-corrected chi connectivity index (χ3v) is 4.34. The number of hydrogen-bond donors (Lipinski definition) is 0. The number of fused-ring (bicyclic) bond motifs is 1. The molecule has 7 nitrogen and oxygen atoms in total. The molecule has 1 aromatic carbocycles. The molecule has 0 fully saturated rings. The molecule has 27 heavy (non-hydrogen) atoms. The highest BCUT2D eigenvalue weighted by atomic mass is 19.1. The van der Waals surface area contributed by atoms with Crippen molar-refractivity contribution in [3.05, 3.63) is 81.4 Å². The van der Waals surface area contributed by atoms with Gasteiger partial charge in [0.15, 0.2) is 11.2 Å². The highest BCUT2D eigenvalue weighted by Crippen LogP contribution is 2.14. The van der Waals surface area contributed by atoms with Crippen molar-refractivity contribution in [1.82, 2.24) is 18.7 Å². The first-order chi connectivity index (χ1) is 13.1. The molecule has 0 aliphatic heterocycles. The predicted molar refractivity (Wildman–Crippen MR) is 97.6 cm³/mol. The average Bonchev–Trinajstić information content (AvgIpc) is 3.31. The summed E-state index contributed by atoms with van der Waals surface area (Å²) in [6.45, 7) is 2.58. The summed E-state index contributed by atoms with van der Waals surface area (Å²) in [7, 11) is 0. The summed E-state index contributed by atoms with van der Waals surface area (Å²) in [5.74, 6) is 0.0734. The number of benzene rings is 1. The summed E-state index contributed by atoms with van der Waals surface area (Å²) in [5, 5.41) is 0. The Bertz CT molecular complexity index is 1200. The lowest BCUT2D eigenvalue weighted by Gasteiger charge is -2.12. The minimum absolute atomic E-state index is 0.000887. The van der Waals surface area contributed by atoms with Crippen molar-refractivity contribution in [2.75, 3.05) is 0 Å². The Morgan fingerprint density at radius 1 is 1.15 bits per heavy atom. The van der Waals surface area contributed by atoms with E-state index in [1.807, 2.05) is 6.92 Å². The van der Waals surface area contributed by atoms with E-state index in [4.69, 9.17) is 4.42 Å². The van der Waals surface area contributed by atoms with E-state index < -0.39 is 17.1 Å². The molecular formula is C19H17FN4O3. The topological polar surface area (TPSA) is 75.0 Å². The SMILES string of the molecule is CCCn1cnc2c1c(=O)n(Cc1ccco1)c(=O)n2-c1ccc(F)cc1. The first-order valence-corrected chi connectivity index (χ1v) is 8.59. The van der Waals surface area contributed by atoms with Gasteiger partial charge in [-0.15, -0.1) is 0 Å². The Balaban J connectivity index is 2.04. The Morgan fingerprint density at radius 2 is 1.93 bits per heavy atom. The van der Waals surface area contributed by atoms with Gasteiger partial charge in [0, 0.05) is 6.54 Å². The molecule has 0 spiro atoms. The van der Waals surface area contributed by atoms with Gasteiger partial charge >= 0.3 is 5.69 Å². The molecule has 4 aromatic rings. The van der Waals surface area contributed by atoms with Gasteiger partial charge in [-0.25, -0.2) is 18.7 Å². The second kappa shape index (κ2) is 6.71. The van der Waals surface area contributed by atoms with E-state index in [0.717, 1.165) is 11.0 Å². The number of nitrogens with zero attached hydrogens (tertiary/aromatic N) is 4. The van der Waals surface area contributed by atoms with E-state index in [-0.39, 0.29) is 12.2 Å². The number of aryl methyl sites for hydroxylation is 1. The van der Waals surface area contributed by atoms with Gasteiger partial charge in [-0.1, -0.05) is 6.92 Å². The van der Waals surface area contributed by atoms with Crippen LogP contribution in [0.3, 0.4) is 0 Å². The molecule has 0 aliphatic rings. The number of imidazole rings is 1. The molecular weight excluding hydrogens is 351 g/mol. The van der Waals surface area contributed by atoms with Crippen LogP contribution in [-0.2, 0) is 13.1 Å². The molecule has 0 saturated carbocycles. The van der Waals surface area contributed by atoms with E-state index in [2.05, 4.69) is 4.98 Å². The second-order valence-corrected chi connectivity index (χ2v) is 6.18. The zero-order valence-electron chi connectivity index (χ0n) is 14.6. The number of rotatable bonds is 5. The van der Waals surface area contributed by atoms with Crippen molar-refractivity contribution in [1.29, 1.82) is 0 Å². The van der Waals surface area contributed by atoms with Crippen molar-refractivity contribution in [2.45, 2.75) is 26.4 Å². The fourth-order valence-electron chi connectivity index (χ4n) is 3.11. The lowest BCUT2D eigenvalue weighted by Crippen LogP contribution is -2.40. The van der Waals surface area contributed by atoms with Crippen LogP contribution in [-0.4, -0.2) is 18.7 Å². The third kappa shape index (κ3) is 2.88. The highest BCUT2D eigenvalue weighted by molar-refractivity contribution is 5.72. The maximum absolute atomic E-state index is 13.3. The molecule has 3 heterocycles. The van der Waals surface area contributed by atoms with E-state index in [1.165, 1.54) is 35.1 Å². The zero-order valence-corrected chi connectivity index (χ0v) is 14.6. The van der Waals surface area contributed by atoms with Gasteiger partial charge in [-0.3, -0.25) is 9.36 Å². The van der Waals surface area contributed by atoms with Gasteiger partial charge in [0.25, 0.3) is 5.56 Å². The predicted octanol–water partition coefficient (Wildman–Crippen LogP) is 2.54. The molecule has 8 heteroatoms. The average molecular weight is 368 g/mol. The van der Waals surface area contributed by atoms with Crippen molar-refractivity contribution in [3.63, 3.8) is 0 Å². The standard InChI is InChI=1S/C19H17FN4O3/c1-2-9-22-12-21-17-16(22)18(25)23(11-15-4-3-10-27-15)19(26)24(17)14-7-5-13(20)6-8-14/h3-8,10,12H,2,9,11H2,1H3. The van der Waals surface area contributed by atoms with E-state index >= 15 is 0 Å². The molecule has 0 bridgehead atoms. The van der Waals surface area contributed by atoms with Crippen LogP contribution >= 0.6 is 0 Å². The van der Waals surface area contributed by atoms with Gasteiger partial charge < -0.3 is 8.98 Å². The molecule has 0 N–H and O–H groups in total. The van der Waals surface area contributed by atoms with Crippen LogP contribution in [0.5, 0.6) is 0 Å². The van der Waals surface area contributed by atoms with Gasteiger partial charge in [-0.2, -0.15) is 0 Å². The van der Waals surface area contributed by atoms with Crippen LogP contribution in [0.1, 0.15) is 19.1 Å². The van der Waals surface area contributed by atoms with Crippen molar-refractivity contribution in [3.8, 4) is 5.69 Å². The summed E-state index contributed by atoms with van der Waals surface area (Å²) < 4.78 is 22.8.